The van der Waals surface area contributed by atoms with Crippen LogP contribution >= 0.6 is 11.8 Å². The van der Waals surface area contributed by atoms with E-state index >= 15 is 0 Å². The summed E-state index contributed by atoms with van der Waals surface area (Å²) in [5.41, 5.74) is 2.21. The molecule has 0 N–H and O–H groups in total. The zero-order valence-electron chi connectivity index (χ0n) is 14.3. The Hall–Kier alpha value is -3.46. The molecule has 0 spiro atoms. The van der Waals surface area contributed by atoms with Crippen molar-refractivity contribution in [2.24, 2.45) is 0 Å². The van der Waals surface area contributed by atoms with Crippen LogP contribution in [0.3, 0.4) is 0 Å². The number of fused-ring (bicyclic) bond motifs is 1. The van der Waals surface area contributed by atoms with Gasteiger partial charge in [-0.05, 0) is 35.4 Å². The van der Waals surface area contributed by atoms with Crippen molar-refractivity contribution in [1.82, 2.24) is 9.88 Å². The number of esters is 1. The van der Waals surface area contributed by atoms with Crippen LogP contribution in [0.15, 0.2) is 65.5 Å². The van der Waals surface area contributed by atoms with Gasteiger partial charge in [-0.15, -0.1) is 11.8 Å². The number of rotatable bonds is 5. The Morgan fingerprint density at radius 3 is 2.79 bits per heavy atom. The Balaban J connectivity index is 1.38. The van der Waals surface area contributed by atoms with Crippen molar-refractivity contribution in [3.63, 3.8) is 0 Å². The molecular formula is C19H13N3O5S. The lowest BCUT2D eigenvalue weighted by Gasteiger charge is -2.37. The summed E-state index contributed by atoms with van der Waals surface area (Å²) >= 11 is 1.37. The molecule has 140 valence electrons. The first-order valence-electron chi connectivity index (χ1n) is 8.26. The van der Waals surface area contributed by atoms with Crippen LogP contribution in [0.1, 0.15) is 11.1 Å². The molecule has 0 radical (unpaired) electrons. The van der Waals surface area contributed by atoms with E-state index < -0.39 is 10.9 Å². The third-order valence-corrected chi connectivity index (χ3v) is 5.35. The summed E-state index contributed by atoms with van der Waals surface area (Å²) in [6.07, 6.45) is 5.08. The predicted molar refractivity (Wildman–Crippen MR) is 101 cm³/mol. The van der Waals surface area contributed by atoms with Gasteiger partial charge in [-0.1, -0.05) is 6.07 Å². The van der Waals surface area contributed by atoms with Crippen LogP contribution in [-0.4, -0.2) is 32.1 Å². The SMILES string of the molecule is O=C(OCc1ccc([N+](=O)[O-])cc1)C1=CSC2/C(=C\c3cccnc3)C(=O)N12. The molecule has 2 aliphatic rings. The number of aromatic nitrogens is 1. The molecule has 1 saturated heterocycles. The number of ether oxygens (including phenoxy) is 1. The zero-order valence-corrected chi connectivity index (χ0v) is 15.2. The molecule has 1 unspecified atom stereocenters. The van der Waals surface area contributed by atoms with Crippen LogP contribution in [0.2, 0.25) is 0 Å². The van der Waals surface area contributed by atoms with E-state index in [1.807, 2.05) is 6.07 Å². The Kier molecular flexibility index (Phi) is 4.66. The number of non-ortho nitro benzene ring substituents is 1. The van der Waals surface area contributed by atoms with E-state index in [1.54, 1.807) is 29.9 Å². The number of nitro benzene ring substituents is 1. The van der Waals surface area contributed by atoms with Crippen LogP contribution in [0.25, 0.3) is 6.08 Å². The average molecular weight is 395 g/mol. The van der Waals surface area contributed by atoms with Crippen LogP contribution in [0.4, 0.5) is 5.69 Å². The van der Waals surface area contributed by atoms with Crippen LogP contribution in [-0.2, 0) is 20.9 Å². The smallest absolute Gasteiger partial charge is 0.355 e. The highest BCUT2D eigenvalue weighted by Gasteiger charge is 2.49. The fourth-order valence-corrected chi connectivity index (χ4v) is 3.95. The van der Waals surface area contributed by atoms with Gasteiger partial charge in [0.25, 0.3) is 11.6 Å². The van der Waals surface area contributed by atoms with Gasteiger partial charge < -0.3 is 4.74 Å². The van der Waals surface area contributed by atoms with E-state index in [0.29, 0.717) is 11.1 Å². The number of pyridine rings is 1. The van der Waals surface area contributed by atoms with E-state index in [9.17, 15) is 19.7 Å². The summed E-state index contributed by atoms with van der Waals surface area (Å²) in [7, 11) is 0. The first kappa shape index (κ1) is 17.9. The number of carbonyl (C=O) groups is 2. The molecule has 3 heterocycles. The van der Waals surface area contributed by atoms with Gasteiger partial charge in [0.1, 0.15) is 17.7 Å². The van der Waals surface area contributed by atoms with Gasteiger partial charge in [-0.3, -0.25) is 24.8 Å². The predicted octanol–water partition coefficient (Wildman–Crippen LogP) is 2.87. The van der Waals surface area contributed by atoms with Crippen molar-refractivity contribution in [1.29, 1.82) is 0 Å². The first-order chi connectivity index (χ1) is 13.5. The minimum atomic E-state index is -0.609. The number of nitrogens with zero attached hydrogens (tertiary/aromatic N) is 3. The van der Waals surface area contributed by atoms with Crippen molar-refractivity contribution < 1.29 is 19.2 Å². The number of hydrogen-bond donors (Lipinski definition) is 0. The van der Waals surface area contributed by atoms with Crippen LogP contribution in [0, 0.1) is 10.1 Å². The Morgan fingerprint density at radius 1 is 1.32 bits per heavy atom. The number of nitro groups is 1. The van der Waals surface area contributed by atoms with E-state index in [0.717, 1.165) is 5.56 Å². The number of carbonyl (C=O) groups excluding carboxylic acids is 2. The lowest BCUT2D eigenvalue weighted by atomic mass is 10.0. The Morgan fingerprint density at radius 2 is 2.11 bits per heavy atom. The first-order valence-corrected chi connectivity index (χ1v) is 9.20. The number of amides is 1. The molecule has 2 aromatic rings. The molecule has 1 aromatic carbocycles. The van der Waals surface area contributed by atoms with Gasteiger partial charge >= 0.3 is 5.97 Å². The van der Waals surface area contributed by atoms with Crippen molar-refractivity contribution in [2.45, 2.75) is 12.0 Å². The highest BCUT2D eigenvalue weighted by Crippen LogP contribution is 2.45. The summed E-state index contributed by atoms with van der Waals surface area (Å²) in [6.45, 7) is -0.0378. The highest BCUT2D eigenvalue weighted by atomic mass is 32.2. The second-order valence-electron chi connectivity index (χ2n) is 6.05. The minimum Gasteiger partial charge on any atom is -0.456 e. The Bertz CT molecular complexity index is 1020. The lowest BCUT2D eigenvalue weighted by Crippen LogP contribution is -2.51. The Labute approximate surface area is 163 Å². The van der Waals surface area contributed by atoms with E-state index in [2.05, 4.69) is 4.98 Å². The molecular weight excluding hydrogens is 382 g/mol. The molecule has 2 aliphatic heterocycles. The van der Waals surface area contributed by atoms with Crippen LogP contribution < -0.4 is 0 Å². The molecule has 1 amide bonds. The molecule has 28 heavy (non-hydrogen) atoms. The molecule has 1 fully saturated rings. The van der Waals surface area contributed by atoms with E-state index in [-0.39, 0.29) is 29.3 Å². The van der Waals surface area contributed by atoms with Crippen molar-refractivity contribution in [3.05, 3.63) is 86.7 Å². The average Bonchev–Trinajstić information content (AvgIpc) is 3.12. The van der Waals surface area contributed by atoms with Crippen molar-refractivity contribution >= 4 is 35.4 Å². The maximum absolute atomic E-state index is 12.4. The van der Waals surface area contributed by atoms with Crippen molar-refractivity contribution in [2.75, 3.05) is 0 Å². The molecule has 0 saturated carbocycles. The van der Waals surface area contributed by atoms with Gasteiger partial charge in [0.2, 0.25) is 0 Å². The summed E-state index contributed by atoms with van der Waals surface area (Å²) in [5, 5.41) is 12.0. The van der Waals surface area contributed by atoms with Crippen LogP contribution in [0.5, 0.6) is 0 Å². The highest BCUT2D eigenvalue weighted by molar-refractivity contribution is 8.03. The third-order valence-electron chi connectivity index (χ3n) is 4.27. The standard InChI is InChI=1S/C19H13N3O5S/c23-17-15(8-13-2-1-7-20-9-13)18-21(17)16(11-28-18)19(24)27-10-12-3-5-14(6-4-12)22(25)26/h1-9,11,18H,10H2/b15-8-. The largest absolute Gasteiger partial charge is 0.456 e. The summed E-state index contributed by atoms with van der Waals surface area (Å²) in [5.74, 6) is -0.848. The van der Waals surface area contributed by atoms with Crippen molar-refractivity contribution in [3.8, 4) is 0 Å². The third kappa shape index (κ3) is 3.27. The second-order valence-corrected chi connectivity index (χ2v) is 7.01. The zero-order chi connectivity index (χ0) is 19.7. The fourth-order valence-electron chi connectivity index (χ4n) is 2.84. The quantitative estimate of drug-likeness (QED) is 0.252. The van der Waals surface area contributed by atoms with Gasteiger partial charge in [-0.25, -0.2) is 4.79 Å². The maximum Gasteiger partial charge on any atom is 0.355 e. The number of benzene rings is 1. The molecule has 0 bridgehead atoms. The topological polar surface area (TPSA) is 103 Å². The number of hydrogen-bond acceptors (Lipinski definition) is 7. The molecule has 1 aromatic heterocycles. The number of β-lactam (4-membered cyclic amide) rings is 1. The molecule has 1 atom stereocenters. The monoisotopic (exact) mass is 395 g/mol. The lowest BCUT2D eigenvalue weighted by molar-refractivity contribution is -0.384. The summed E-state index contributed by atoms with van der Waals surface area (Å²) in [4.78, 5) is 40.4. The number of thioether (sulfide) groups is 1. The fraction of sp³-hybridized carbons (Fsp3) is 0.105. The minimum absolute atomic E-state index is 0.0353. The van der Waals surface area contributed by atoms with Gasteiger partial charge in [-0.2, -0.15) is 0 Å². The maximum atomic E-state index is 12.4. The second kappa shape index (κ2) is 7.28. The molecule has 8 nitrogen and oxygen atoms in total. The molecule has 4 rings (SSSR count). The van der Waals surface area contributed by atoms with E-state index in [4.69, 9.17) is 4.74 Å². The van der Waals surface area contributed by atoms with E-state index in [1.165, 1.54) is 40.9 Å². The summed E-state index contributed by atoms with van der Waals surface area (Å²) in [6, 6.07) is 9.37. The van der Waals surface area contributed by atoms with Gasteiger partial charge in [0.05, 0.1) is 10.5 Å². The normalized spacial score (nSPS) is 19.1. The molecule has 9 heteroatoms. The van der Waals surface area contributed by atoms with Gasteiger partial charge in [0, 0.05) is 29.9 Å². The van der Waals surface area contributed by atoms with Gasteiger partial charge in [0.15, 0.2) is 0 Å². The molecule has 0 aliphatic carbocycles. The summed E-state index contributed by atoms with van der Waals surface area (Å²) < 4.78 is 5.25.